The van der Waals surface area contributed by atoms with E-state index < -0.39 is 36.2 Å². The molecule has 0 bridgehead atoms. The second kappa shape index (κ2) is 9.51. The summed E-state index contributed by atoms with van der Waals surface area (Å²) in [6, 6.07) is 6.53. The van der Waals surface area contributed by atoms with E-state index in [1.165, 1.54) is 6.92 Å². The Morgan fingerprint density at radius 2 is 1.79 bits per heavy atom. The highest BCUT2D eigenvalue weighted by atomic mass is 16.5. The first-order valence-electron chi connectivity index (χ1n) is 7.53. The van der Waals surface area contributed by atoms with Crippen molar-refractivity contribution < 1.29 is 29.3 Å². The van der Waals surface area contributed by atoms with Crippen LogP contribution >= 0.6 is 0 Å². The minimum absolute atomic E-state index is 0.00747. The lowest BCUT2D eigenvalue weighted by Crippen LogP contribution is -2.55. The van der Waals surface area contributed by atoms with Crippen molar-refractivity contribution in [1.82, 2.24) is 10.6 Å². The number of amides is 2. The summed E-state index contributed by atoms with van der Waals surface area (Å²) in [6.45, 7) is 2.91. The van der Waals surface area contributed by atoms with Crippen LogP contribution in [0.15, 0.2) is 30.3 Å². The number of aliphatic carboxylic acids is 1. The minimum Gasteiger partial charge on any atom is -0.480 e. The van der Waals surface area contributed by atoms with E-state index in [1.54, 1.807) is 31.2 Å². The number of hydrogen-bond acceptors (Lipinski definition) is 5. The molecule has 4 N–H and O–H groups in total. The first kappa shape index (κ1) is 19.4. The minimum atomic E-state index is -1.32. The average molecular weight is 338 g/mol. The number of alkyl carbamates (subject to hydrolysis) is 1. The number of carboxylic acids is 1. The van der Waals surface area contributed by atoms with Crippen LogP contribution in [0.3, 0.4) is 0 Å². The zero-order valence-corrected chi connectivity index (χ0v) is 13.6. The van der Waals surface area contributed by atoms with Gasteiger partial charge >= 0.3 is 12.1 Å². The fourth-order valence-corrected chi connectivity index (χ4v) is 1.90. The molecule has 8 nitrogen and oxygen atoms in total. The first-order chi connectivity index (χ1) is 11.3. The van der Waals surface area contributed by atoms with Crippen LogP contribution < -0.4 is 10.6 Å². The van der Waals surface area contributed by atoms with E-state index in [-0.39, 0.29) is 13.0 Å². The second-order valence-corrected chi connectivity index (χ2v) is 5.23. The maximum atomic E-state index is 12.1. The van der Waals surface area contributed by atoms with E-state index in [2.05, 4.69) is 10.6 Å². The number of hydrogen-bond donors (Lipinski definition) is 4. The number of aliphatic hydroxyl groups excluding tert-OH is 1. The highest BCUT2D eigenvalue weighted by Crippen LogP contribution is 2.02. The molecule has 0 radical (unpaired) electrons. The van der Waals surface area contributed by atoms with E-state index in [1.807, 2.05) is 6.07 Å². The summed E-state index contributed by atoms with van der Waals surface area (Å²) < 4.78 is 4.98. The van der Waals surface area contributed by atoms with Gasteiger partial charge < -0.3 is 25.6 Å². The molecule has 0 aromatic heterocycles. The zero-order chi connectivity index (χ0) is 18.1. The van der Waals surface area contributed by atoms with Gasteiger partial charge in [-0.15, -0.1) is 0 Å². The number of carboxylic acid groups (broad SMARTS) is 1. The van der Waals surface area contributed by atoms with Crippen molar-refractivity contribution in [2.24, 2.45) is 0 Å². The molecule has 24 heavy (non-hydrogen) atoms. The Bertz CT molecular complexity index is 561. The standard InChI is InChI=1S/C16H22N2O6/c1-3-12(15(21)22)17-14(20)13(10(2)19)18-16(23)24-9-11-7-5-4-6-8-11/h4-8,10,12-13,19H,3,9H2,1-2H3,(H,17,20)(H,18,23)(H,21,22)/t10-,12+,13+/m1/s1. The van der Waals surface area contributed by atoms with Crippen LogP contribution in [0.5, 0.6) is 0 Å². The lowest BCUT2D eigenvalue weighted by atomic mass is 10.1. The van der Waals surface area contributed by atoms with Crippen LogP contribution in [0.4, 0.5) is 4.79 Å². The van der Waals surface area contributed by atoms with E-state index >= 15 is 0 Å². The van der Waals surface area contributed by atoms with Gasteiger partial charge in [-0.05, 0) is 18.9 Å². The monoisotopic (exact) mass is 338 g/mol. The number of ether oxygens (including phenoxy) is 1. The van der Waals surface area contributed by atoms with E-state index in [4.69, 9.17) is 9.84 Å². The summed E-state index contributed by atoms with van der Waals surface area (Å²) >= 11 is 0. The van der Waals surface area contributed by atoms with Crippen molar-refractivity contribution in [3.63, 3.8) is 0 Å². The van der Waals surface area contributed by atoms with Gasteiger partial charge in [0, 0.05) is 0 Å². The first-order valence-corrected chi connectivity index (χ1v) is 7.53. The van der Waals surface area contributed by atoms with Crippen molar-refractivity contribution in [2.45, 2.75) is 45.1 Å². The predicted octanol–water partition coefficient (Wildman–Crippen LogP) is 0.642. The number of aliphatic hydroxyl groups is 1. The zero-order valence-electron chi connectivity index (χ0n) is 13.6. The summed E-state index contributed by atoms with van der Waals surface area (Å²) in [6.07, 6.45) is -1.93. The van der Waals surface area contributed by atoms with E-state index in [0.29, 0.717) is 0 Å². The number of nitrogens with one attached hydrogen (secondary N) is 2. The third-order valence-corrected chi connectivity index (χ3v) is 3.27. The number of carbonyl (C=O) groups excluding carboxylic acids is 2. The summed E-state index contributed by atoms with van der Waals surface area (Å²) in [5.41, 5.74) is 0.766. The Kier molecular flexibility index (Phi) is 7.70. The number of rotatable bonds is 8. The molecule has 132 valence electrons. The predicted molar refractivity (Wildman–Crippen MR) is 85.1 cm³/mol. The molecule has 0 heterocycles. The molecule has 3 atom stereocenters. The SMILES string of the molecule is CC[C@H](NC(=O)[C@@H](NC(=O)OCc1ccccc1)[C@@H](C)O)C(=O)O. The molecule has 0 saturated carbocycles. The summed E-state index contributed by atoms with van der Waals surface area (Å²) in [7, 11) is 0. The molecule has 0 unspecified atom stereocenters. The lowest BCUT2D eigenvalue weighted by Gasteiger charge is -2.22. The molecule has 1 rings (SSSR count). The van der Waals surface area contributed by atoms with Gasteiger partial charge in [0.05, 0.1) is 6.10 Å². The molecular weight excluding hydrogens is 316 g/mol. The van der Waals surface area contributed by atoms with Gasteiger partial charge in [0.25, 0.3) is 0 Å². The van der Waals surface area contributed by atoms with Gasteiger partial charge in [-0.25, -0.2) is 9.59 Å². The summed E-state index contributed by atoms with van der Waals surface area (Å²) in [4.78, 5) is 34.8. The Labute approximate surface area is 139 Å². The van der Waals surface area contributed by atoms with Crippen LogP contribution in [0.2, 0.25) is 0 Å². The van der Waals surface area contributed by atoms with Crippen LogP contribution in [0.25, 0.3) is 0 Å². The highest BCUT2D eigenvalue weighted by molar-refractivity contribution is 5.89. The molecule has 1 aromatic rings. The van der Waals surface area contributed by atoms with Crippen molar-refractivity contribution in [3.8, 4) is 0 Å². The lowest BCUT2D eigenvalue weighted by molar-refractivity contribution is -0.142. The maximum absolute atomic E-state index is 12.1. The molecule has 0 aliphatic rings. The van der Waals surface area contributed by atoms with Crippen LogP contribution in [-0.4, -0.2) is 46.4 Å². The average Bonchev–Trinajstić information content (AvgIpc) is 2.55. The molecule has 0 spiro atoms. The largest absolute Gasteiger partial charge is 0.480 e. The molecule has 2 amide bonds. The van der Waals surface area contributed by atoms with Gasteiger partial charge in [0.2, 0.25) is 5.91 Å². The Hall–Kier alpha value is -2.61. The van der Waals surface area contributed by atoms with Gasteiger partial charge in [0.15, 0.2) is 0 Å². The van der Waals surface area contributed by atoms with Crippen molar-refractivity contribution in [3.05, 3.63) is 35.9 Å². The van der Waals surface area contributed by atoms with Crippen molar-refractivity contribution in [1.29, 1.82) is 0 Å². The van der Waals surface area contributed by atoms with E-state index in [0.717, 1.165) is 5.56 Å². The smallest absolute Gasteiger partial charge is 0.408 e. The number of carbonyl (C=O) groups is 3. The fourth-order valence-electron chi connectivity index (χ4n) is 1.90. The summed E-state index contributed by atoms with van der Waals surface area (Å²) in [5.74, 6) is -1.99. The molecule has 0 fully saturated rings. The van der Waals surface area contributed by atoms with Gasteiger partial charge in [0.1, 0.15) is 18.7 Å². The van der Waals surface area contributed by atoms with Gasteiger partial charge in [-0.3, -0.25) is 4.79 Å². The van der Waals surface area contributed by atoms with Gasteiger partial charge in [-0.1, -0.05) is 37.3 Å². The Balaban J connectivity index is 2.59. The van der Waals surface area contributed by atoms with Crippen LogP contribution in [0, 0.1) is 0 Å². The molecule has 0 aliphatic heterocycles. The van der Waals surface area contributed by atoms with Gasteiger partial charge in [-0.2, -0.15) is 0 Å². The highest BCUT2D eigenvalue weighted by Gasteiger charge is 2.29. The normalized spacial score (nSPS) is 14.1. The van der Waals surface area contributed by atoms with Crippen molar-refractivity contribution in [2.75, 3.05) is 0 Å². The molecule has 1 aromatic carbocycles. The molecular formula is C16H22N2O6. The second-order valence-electron chi connectivity index (χ2n) is 5.23. The topological polar surface area (TPSA) is 125 Å². The third-order valence-electron chi connectivity index (χ3n) is 3.27. The maximum Gasteiger partial charge on any atom is 0.408 e. The van der Waals surface area contributed by atoms with Crippen LogP contribution in [0.1, 0.15) is 25.8 Å². The Morgan fingerprint density at radius 3 is 2.29 bits per heavy atom. The fraction of sp³-hybridized carbons (Fsp3) is 0.438. The van der Waals surface area contributed by atoms with E-state index in [9.17, 15) is 19.5 Å². The van der Waals surface area contributed by atoms with Crippen LogP contribution in [-0.2, 0) is 20.9 Å². The molecule has 8 heteroatoms. The quantitative estimate of drug-likeness (QED) is 0.551. The Morgan fingerprint density at radius 1 is 1.17 bits per heavy atom. The summed E-state index contributed by atoms with van der Waals surface area (Å²) in [5, 5.41) is 23.1. The molecule has 0 aliphatic carbocycles. The molecule has 0 saturated heterocycles. The number of benzene rings is 1. The third kappa shape index (κ3) is 6.25. The van der Waals surface area contributed by atoms with Crippen molar-refractivity contribution >= 4 is 18.0 Å².